The molecule has 3 heterocycles. The first-order valence-electron chi connectivity index (χ1n) is 10.8. The number of carboxylic acids is 1. The lowest BCUT2D eigenvalue weighted by atomic mass is 9.75. The zero-order chi connectivity index (χ0) is 26.3. The van der Waals surface area contributed by atoms with Crippen molar-refractivity contribution in [1.29, 1.82) is 0 Å². The molecule has 4 rings (SSSR count). The number of likely N-dealkylation sites (tertiary alicyclic amines) is 1. The molecular formula is C23H20F5N5O3. The van der Waals surface area contributed by atoms with Crippen LogP contribution in [0.2, 0.25) is 0 Å². The van der Waals surface area contributed by atoms with Gasteiger partial charge in [-0.05, 0) is 44.0 Å². The number of aliphatic carboxylic acids is 1. The zero-order valence-corrected chi connectivity index (χ0v) is 18.8. The monoisotopic (exact) mass is 509 g/mol. The number of piperidine rings is 1. The van der Waals surface area contributed by atoms with Crippen molar-refractivity contribution in [2.24, 2.45) is 0 Å². The van der Waals surface area contributed by atoms with Crippen LogP contribution in [-0.2, 0) is 16.4 Å². The molecule has 190 valence electrons. The third-order valence-electron chi connectivity index (χ3n) is 6.14. The number of benzene rings is 1. The molecule has 36 heavy (non-hydrogen) atoms. The Morgan fingerprint density at radius 1 is 1.14 bits per heavy atom. The van der Waals surface area contributed by atoms with Crippen LogP contribution in [-0.4, -0.2) is 50.2 Å². The number of carbonyl (C=O) groups is 2. The predicted octanol–water partition coefficient (Wildman–Crippen LogP) is 4.41. The average molecular weight is 509 g/mol. The Kier molecular flexibility index (Phi) is 6.41. The van der Waals surface area contributed by atoms with Crippen molar-refractivity contribution in [2.75, 3.05) is 18.4 Å². The second kappa shape index (κ2) is 9.21. The fourth-order valence-electron chi connectivity index (χ4n) is 4.16. The number of hydrogen-bond donors (Lipinski definition) is 3. The summed E-state index contributed by atoms with van der Waals surface area (Å²) in [5, 5.41) is 19.3. The highest BCUT2D eigenvalue weighted by Gasteiger charge is 2.46. The molecule has 1 aliphatic heterocycles. The van der Waals surface area contributed by atoms with E-state index < -0.39 is 46.2 Å². The van der Waals surface area contributed by atoms with E-state index in [1.54, 1.807) is 13.0 Å². The van der Waals surface area contributed by atoms with Crippen molar-refractivity contribution < 1.29 is 36.6 Å². The van der Waals surface area contributed by atoms with Crippen LogP contribution in [0.25, 0.3) is 0 Å². The van der Waals surface area contributed by atoms with Gasteiger partial charge in [0.1, 0.15) is 11.2 Å². The molecule has 0 saturated carbocycles. The van der Waals surface area contributed by atoms with E-state index in [0.717, 1.165) is 23.1 Å². The molecule has 0 unspecified atom stereocenters. The maximum atomic E-state index is 14.5. The lowest BCUT2D eigenvalue weighted by Crippen LogP contribution is -2.49. The summed E-state index contributed by atoms with van der Waals surface area (Å²) in [6, 6.07) is 6.30. The van der Waals surface area contributed by atoms with Crippen LogP contribution >= 0.6 is 0 Å². The van der Waals surface area contributed by atoms with E-state index in [4.69, 9.17) is 0 Å². The number of aromatic amines is 1. The van der Waals surface area contributed by atoms with Crippen molar-refractivity contribution in [3.8, 4) is 0 Å². The minimum atomic E-state index is -4.98. The van der Waals surface area contributed by atoms with Gasteiger partial charge in [-0.3, -0.25) is 14.7 Å². The number of halogens is 5. The summed E-state index contributed by atoms with van der Waals surface area (Å²) in [4.78, 5) is 30.4. The Hall–Kier alpha value is -4.03. The van der Waals surface area contributed by atoms with Crippen LogP contribution in [0.3, 0.4) is 0 Å². The molecular weight excluding hydrogens is 489 g/mol. The quantitative estimate of drug-likeness (QED) is 0.440. The van der Waals surface area contributed by atoms with Crippen LogP contribution in [0, 0.1) is 18.6 Å². The Labute approximate surface area is 201 Å². The number of amides is 1. The number of anilines is 2. The predicted molar refractivity (Wildman–Crippen MR) is 117 cm³/mol. The number of aromatic nitrogens is 3. The first-order valence-corrected chi connectivity index (χ1v) is 10.8. The van der Waals surface area contributed by atoms with E-state index in [1.165, 1.54) is 6.07 Å². The average Bonchev–Trinajstić information content (AvgIpc) is 3.24. The molecule has 0 atom stereocenters. The Morgan fingerprint density at radius 3 is 2.42 bits per heavy atom. The maximum Gasteiger partial charge on any atom is 0.419 e. The summed E-state index contributed by atoms with van der Waals surface area (Å²) in [6.45, 7) is 1.35. The molecule has 13 heteroatoms. The van der Waals surface area contributed by atoms with Crippen LogP contribution in [0.15, 0.2) is 36.4 Å². The van der Waals surface area contributed by atoms with Gasteiger partial charge in [0.05, 0.1) is 16.8 Å². The van der Waals surface area contributed by atoms with Gasteiger partial charge in [0.25, 0.3) is 5.91 Å². The first kappa shape index (κ1) is 25.1. The second-order valence-corrected chi connectivity index (χ2v) is 8.43. The summed E-state index contributed by atoms with van der Waals surface area (Å²) in [7, 11) is 0. The first-order chi connectivity index (χ1) is 16.9. The highest BCUT2D eigenvalue weighted by atomic mass is 19.4. The maximum absolute atomic E-state index is 14.5. The van der Waals surface area contributed by atoms with E-state index in [2.05, 4.69) is 20.5 Å². The second-order valence-electron chi connectivity index (χ2n) is 8.43. The van der Waals surface area contributed by atoms with Gasteiger partial charge in [-0.1, -0.05) is 6.07 Å². The third-order valence-corrected chi connectivity index (χ3v) is 6.14. The van der Waals surface area contributed by atoms with E-state index in [9.17, 15) is 36.6 Å². The number of carboxylic acid groups (broad SMARTS) is 1. The van der Waals surface area contributed by atoms with Crippen molar-refractivity contribution >= 4 is 23.5 Å². The minimum absolute atomic E-state index is 0.0310. The minimum Gasteiger partial charge on any atom is -0.481 e. The van der Waals surface area contributed by atoms with Crippen molar-refractivity contribution in [2.45, 2.75) is 31.4 Å². The van der Waals surface area contributed by atoms with E-state index >= 15 is 0 Å². The standard InChI is InChI=1S/C23H20F5N5O3/c1-12-11-17(32-31-12)30-19-15(24)5-6-16(29-19)22(21(35)36)7-9-33(10-8-22)20(34)13-3-2-4-14(18(13)25)23(26,27)28/h2-6,11H,7-10H2,1H3,(H,35,36)(H2,29,30,31,32). The number of pyridine rings is 1. The number of hydrogen-bond acceptors (Lipinski definition) is 5. The Bertz CT molecular complexity index is 1320. The number of aryl methyl sites for hydroxylation is 1. The summed E-state index contributed by atoms with van der Waals surface area (Å²) < 4.78 is 68.0. The van der Waals surface area contributed by atoms with Gasteiger partial charge in [-0.2, -0.15) is 18.3 Å². The van der Waals surface area contributed by atoms with Crippen LogP contribution in [0.5, 0.6) is 0 Å². The number of carbonyl (C=O) groups excluding carboxylic acids is 1. The number of rotatable bonds is 5. The van der Waals surface area contributed by atoms with E-state index in [0.29, 0.717) is 11.8 Å². The van der Waals surface area contributed by atoms with Crippen LogP contribution in [0.1, 0.15) is 40.2 Å². The number of H-pyrrole nitrogens is 1. The molecule has 0 bridgehead atoms. The van der Waals surface area contributed by atoms with Crippen LogP contribution < -0.4 is 5.32 Å². The largest absolute Gasteiger partial charge is 0.481 e. The molecule has 0 aliphatic carbocycles. The fourth-order valence-corrected chi connectivity index (χ4v) is 4.16. The van der Waals surface area contributed by atoms with Crippen molar-refractivity contribution in [3.05, 3.63) is 70.5 Å². The van der Waals surface area contributed by atoms with E-state index in [1.807, 2.05) is 0 Å². The molecule has 2 aromatic heterocycles. The molecule has 0 spiro atoms. The molecule has 1 amide bonds. The van der Waals surface area contributed by atoms with Gasteiger partial charge in [-0.25, -0.2) is 13.8 Å². The lowest BCUT2D eigenvalue weighted by molar-refractivity contribution is -0.146. The SMILES string of the molecule is Cc1cc(Nc2nc(C3(C(=O)O)CCN(C(=O)c4cccc(C(F)(F)F)c4F)CC3)ccc2F)n[nH]1. The summed E-state index contributed by atoms with van der Waals surface area (Å²) >= 11 is 0. The smallest absolute Gasteiger partial charge is 0.419 e. The van der Waals surface area contributed by atoms with Crippen molar-refractivity contribution in [3.63, 3.8) is 0 Å². The topological polar surface area (TPSA) is 111 Å². The van der Waals surface area contributed by atoms with E-state index in [-0.39, 0.29) is 43.3 Å². The highest BCUT2D eigenvalue weighted by Crippen LogP contribution is 2.37. The molecule has 1 saturated heterocycles. The third kappa shape index (κ3) is 4.60. The zero-order valence-electron chi connectivity index (χ0n) is 18.8. The van der Waals surface area contributed by atoms with Gasteiger partial charge < -0.3 is 15.3 Å². The molecule has 3 N–H and O–H groups in total. The molecule has 1 aromatic carbocycles. The summed E-state index contributed by atoms with van der Waals surface area (Å²) in [6.07, 6.45) is -5.32. The fraction of sp³-hybridized carbons (Fsp3) is 0.304. The summed E-state index contributed by atoms with van der Waals surface area (Å²) in [5.74, 6) is -4.66. The van der Waals surface area contributed by atoms with Gasteiger partial charge in [0.2, 0.25) is 0 Å². The molecule has 8 nitrogen and oxygen atoms in total. The van der Waals surface area contributed by atoms with Gasteiger partial charge in [0.15, 0.2) is 17.5 Å². The number of alkyl halides is 3. The number of nitrogens with zero attached hydrogens (tertiary/aromatic N) is 3. The molecule has 1 aliphatic rings. The Balaban J connectivity index is 1.58. The number of nitrogens with one attached hydrogen (secondary N) is 2. The molecule has 0 radical (unpaired) electrons. The molecule has 1 fully saturated rings. The highest BCUT2D eigenvalue weighted by molar-refractivity contribution is 5.95. The van der Waals surface area contributed by atoms with Gasteiger partial charge in [-0.15, -0.1) is 0 Å². The van der Waals surface area contributed by atoms with Crippen LogP contribution in [0.4, 0.5) is 33.6 Å². The van der Waals surface area contributed by atoms with Crippen molar-refractivity contribution in [1.82, 2.24) is 20.1 Å². The van der Waals surface area contributed by atoms with Gasteiger partial charge >= 0.3 is 12.1 Å². The van der Waals surface area contributed by atoms with Gasteiger partial charge in [0, 0.05) is 24.8 Å². The normalized spacial score (nSPS) is 15.6. The molecule has 3 aromatic rings. The Morgan fingerprint density at radius 2 is 1.83 bits per heavy atom. The lowest BCUT2D eigenvalue weighted by Gasteiger charge is -2.38. The summed E-state index contributed by atoms with van der Waals surface area (Å²) in [5.41, 5.74) is -3.19.